The van der Waals surface area contributed by atoms with E-state index < -0.39 is 11.9 Å². The van der Waals surface area contributed by atoms with Crippen molar-refractivity contribution in [2.75, 3.05) is 32.8 Å². The summed E-state index contributed by atoms with van der Waals surface area (Å²) in [5, 5.41) is 9.83. The Balaban J connectivity index is 0.00000134. The third-order valence-corrected chi connectivity index (χ3v) is 7.05. The first-order valence-corrected chi connectivity index (χ1v) is 13.4. The number of carboxylic acids is 1. The second-order valence-electron chi connectivity index (χ2n) is 9.75. The van der Waals surface area contributed by atoms with E-state index in [4.69, 9.17) is 9.53 Å². The van der Waals surface area contributed by atoms with Gasteiger partial charge in [0.25, 0.3) is 0 Å². The maximum Gasteiger partial charge on any atom is 0.306 e. The normalized spacial score (nSPS) is 14.1. The Hall–Kier alpha value is -3.81. The quantitative estimate of drug-likeness (QED) is 0.278. The molecule has 7 heteroatoms. The summed E-state index contributed by atoms with van der Waals surface area (Å²) in [6.45, 7) is 6.50. The van der Waals surface area contributed by atoms with Crippen LogP contribution in [0.25, 0.3) is 11.1 Å². The van der Waals surface area contributed by atoms with E-state index in [1.807, 2.05) is 24.3 Å². The molecule has 1 aliphatic heterocycles. The molecular weight excluding hydrogens is 492 g/mol. The number of nitrogens with two attached hydrogens (primary N) is 1. The molecule has 3 aromatic rings. The van der Waals surface area contributed by atoms with Crippen molar-refractivity contribution in [3.8, 4) is 11.1 Å². The predicted octanol–water partition coefficient (Wildman–Crippen LogP) is 4.54. The average molecular weight is 531 g/mol. The molecule has 0 radical (unpaired) electrons. The molecule has 1 aliphatic rings. The SMILES string of the molecule is Cc1ccc(-c2ccc(C(=O)CC(CCc3ccccc3CCN3CCOCC3)C(=O)O)cc2)cc1.NC=O. The molecule has 1 fully saturated rings. The molecule has 3 N–H and O–H groups in total. The summed E-state index contributed by atoms with van der Waals surface area (Å²) in [5.41, 5.74) is 10.5. The van der Waals surface area contributed by atoms with Crippen molar-refractivity contribution < 1.29 is 24.2 Å². The van der Waals surface area contributed by atoms with Crippen LogP contribution < -0.4 is 5.73 Å². The van der Waals surface area contributed by atoms with Gasteiger partial charge in [0.05, 0.1) is 19.1 Å². The maximum absolute atomic E-state index is 12.9. The number of hydrogen-bond donors (Lipinski definition) is 2. The molecule has 0 saturated carbocycles. The Morgan fingerprint density at radius 2 is 1.46 bits per heavy atom. The molecule has 4 rings (SSSR count). The van der Waals surface area contributed by atoms with E-state index in [1.54, 1.807) is 12.1 Å². The first kappa shape index (κ1) is 29.7. The van der Waals surface area contributed by atoms with Crippen LogP contribution >= 0.6 is 0 Å². The molecule has 3 aromatic carbocycles. The highest BCUT2D eigenvalue weighted by Crippen LogP contribution is 2.23. The van der Waals surface area contributed by atoms with Crippen LogP contribution in [0.4, 0.5) is 0 Å². The fourth-order valence-corrected chi connectivity index (χ4v) is 4.73. The summed E-state index contributed by atoms with van der Waals surface area (Å²) in [6, 6.07) is 24.0. The molecule has 1 unspecified atom stereocenters. The Bertz CT molecular complexity index is 1200. The fraction of sp³-hybridized carbons (Fsp3) is 0.344. The van der Waals surface area contributed by atoms with Gasteiger partial charge < -0.3 is 15.6 Å². The molecule has 0 spiro atoms. The monoisotopic (exact) mass is 530 g/mol. The second-order valence-corrected chi connectivity index (χ2v) is 9.75. The van der Waals surface area contributed by atoms with Gasteiger partial charge in [-0.25, -0.2) is 0 Å². The number of morpholine rings is 1. The number of carboxylic acid groups (broad SMARTS) is 1. The molecular formula is C32H38N2O5. The van der Waals surface area contributed by atoms with Gasteiger partial charge in [0.2, 0.25) is 6.41 Å². The van der Waals surface area contributed by atoms with Crippen LogP contribution in [0.15, 0.2) is 72.8 Å². The number of aliphatic carboxylic acids is 1. The zero-order chi connectivity index (χ0) is 28.0. The van der Waals surface area contributed by atoms with E-state index in [0.717, 1.165) is 50.4 Å². The average Bonchev–Trinajstić information content (AvgIpc) is 2.96. The number of Topliss-reactive ketones (excluding diaryl/α,β-unsaturated/α-hetero) is 1. The molecule has 7 nitrogen and oxygen atoms in total. The number of ether oxygens (including phenoxy) is 1. The topological polar surface area (TPSA) is 110 Å². The van der Waals surface area contributed by atoms with Gasteiger partial charge in [-0.1, -0.05) is 78.4 Å². The Labute approximate surface area is 230 Å². The van der Waals surface area contributed by atoms with E-state index in [-0.39, 0.29) is 18.6 Å². The van der Waals surface area contributed by atoms with Crippen LogP contribution in [0.3, 0.4) is 0 Å². The van der Waals surface area contributed by atoms with Crippen LogP contribution in [-0.2, 0) is 27.2 Å². The predicted molar refractivity (Wildman–Crippen MR) is 153 cm³/mol. The van der Waals surface area contributed by atoms with E-state index >= 15 is 0 Å². The number of carbonyl (C=O) groups excluding carboxylic acids is 2. The summed E-state index contributed by atoms with van der Waals surface area (Å²) in [4.78, 5) is 35.9. The summed E-state index contributed by atoms with van der Waals surface area (Å²) in [6.07, 6.45) is 2.28. The molecule has 1 saturated heterocycles. The van der Waals surface area contributed by atoms with Crippen LogP contribution in [0, 0.1) is 12.8 Å². The van der Waals surface area contributed by atoms with E-state index in [1.165, 1.54) is 16.7 Å². The summed E-state index contributed by atoms with van der Waals surface area (Å²) < 4.78 is 5.43. The van der Waals surface area contributed by atoms with Gasteiger partial charge in [-0.2, -0.15) is 0 Å². The van der Waals surface area contributed by atoms with Crippen molar-refractivity contribution >= 4 is 18.2 Å². The number of rotatable bonds is 11. The standard InChI is InChI=1S/C31H35NO4.CH3NO/c1-23-6-8-26(9-7-23)27-10-13-28(14-11-27)30(33)22-29(31(34)35)15-12-24-4-2-3-5-25(24)16-17-32-18-20-36-21-19-32;2-1-3/h2-11,13-14,29H,12,15-22H2,1H3,(H,34,35);1H,(H2,2,3). The lowest BCUT2D eigenvalue weighted by atomic mass is 9.90. The van der Waals surface area contributed by atoms with Crippen molar-refractivity contribution in [1.82, 2.24) is 4.90 Å². The van der Waals surface area contributed by atoms with Gasteiger partial charge in [0.15, 0.2) is 5.78 Å². The second kappa shape index (κ2) is 15.6. The van der Waals surface area contributed by atoms with Crippen molar-refractivity contribution in [3.05, 3.63) is 95.1 Å². The molecule has 0 aromatic heterocycles. The number of nitrogens with zero attached hydrogens (tertiary/aromatic N) is 1. The lowest BCUT2D eigenvalue weighted by molar-refractivity contribution is -0.141. The molecule has 39 heavy (non-hydrogen) atoms. The molecule has 0 aliphatic carbocycles. The van der Waals surface area contributed by atoms with Crippen LogP contribution in [0.2, 0.25) is 0 Å². The zero-order valence-corrected chi connectivity index (χ0v) is 22.6. The lowest BCUT2D eigenvalue weighted by Crippen LogP contribution is -2.37. The van der Waals surface area contributed by atoms with Crippen LogP contribution in [0.5, 0.6) is 0 Å². The number of hydrogen-bond acceptors (Lipinski definition) is 5. The van der Waals surface area contributed by atoms with Crippen molar-refractivity contribution in [2.24, 2.45) is 11.7 Å². The highest BCUT2D eigenvalue weighted by molar-refractivity contribution is 5.98. The molecule has 1 atom stereocenters. The van der Waals surface area contributed by atoms with Crippen LogP contribution in [0.1, 0.15) is 39.9 Å². The summed E-state index contributed by atoms with van der Waals surface area (Å²) in [5.74, 6) is -1.74. The Morgan fingerprint density at radius 1 is 0.923 bits per heavy atom. The number of ketones is 1. The van der Waals surface area contributed by atoms with E-state index in [0.29, 0.717) is 18.4 Å². The van der Waals surface area contributed by atoms with Crippen LogP contribution in [-0.4, -0.2) is 61.0 Å². The molecule has 1 heterocycles. The third-order valence-electron chi connectivity index (χ3n) is 7.05. The minimum atomic E-state index is -0.912. The van der Waals surface area contributed by atoms with Gasteiger partial charge in [0, 0.05) is 31.6 Å². The first-order chi connectivity index (χ1) is 18.9. The van der Waals surface area contributed by atoms with E-state index in [9.17, 15) is 14.7 Å². The lowest BCUT2D eigenvalue weighted by Gasteiger charge is -2.26. The van der Waals surface area contributed by atoms with Gasteiger partial charge in [-0.05, 0) is 48.4 Å². The van der Waals surface area contributed by atoms with Gasteiger partial charge in [-0.15, -0.1) is 0 Å². The number of benzene rings is 3. The first-order valence-electron chi connectivity index (χ1n) is 13.4. The molecule has 206 valence electrons. The number of amides is 1. The highest BCUT2D eigenvalue weighted by atomic mass is 16.5. The van der Waals surface area contributed by atoms with Gasteiger partial charge in [0.1, 0.15) is 0 Å². The Kier molecular flexibility index (Phi) is 11.9. The smallest absolute Gasteiger partial charge is 0.306 e. The third kappa shape index (κ3) is 9.46. The largest absolute Gasteiger partial charge is 0.481 e. The zero-order valence-electron chi connectivity index (χ0n) is 22.6. The maximum atomic E-state index is 12.9. The number of aryl methyl sites for hydroxylation is 2. The minimum Gasteiger partial charge on any atom is -0.481 e. The molecule has 0 bridgehead atoms. The summed E-state index contributed by atoms with van der Waals surface area (Å²) in [7, 11) is 0. The van der Waals surface area contributed by atoms with Crippen molar-refractivity contribution in [1.29, 1.82) is 0 Å². The number of carbonyl (C=O) groups is 3. The summed E-state index contributed by atoms with van der Waals surface area (Å²) >= 11 is 0. The minimum absolute atomic E-state index is 0.00908. The molecule has 1 amide bonds. The van der Waals surface area contributed by atoms with Gasteiger partial charge in [-0.3, -0.25) is 19.3 Å². The highest BCUT2D eigenvalue weighted by Gasteiger charge is 2.22. The number of primary amides is 1. The van der Waals surface area contributed by atoms with E-state index in [2.05, 4.69) is 54.0 Å². The van der Waals surface area contributed by atoms with Crippen molar-refractivity contribution in [3.63, 3.8) is 0 Å². The fourth-order valence-electron chi connectivity index (χ4n) is 4.73. The van der Waals surface area contributed by atoms with Gasteiger partial charge >= 0.3 is 5.97 Å². The Morgan fingerprint density at radius 3 is 2.03 bits per heavy atom. The van der Waals surface area contributed by atoms with Crippen molar-refractivity contribution in [2.45, 2.75) is 32.6 Å².